The van der Waals surface area contributed by atoms with Crippen molar-refractivity contribution in [2.75, 3.05) is 0 Å². The van der Waals surface area contributed by atoms with Crippen molar-refractivity contribution in [3.05, 3.63) is 12.2 Å². The third kappa shape index (κ3) is 2.68. The van der Waals surface area contributed by atoms with Crippen LogP contribution in [0.4, 0.5) is 0 Å². The van der Waals surface area contributed by atoms with E-state index in [4.69, 9.17) is 0 Å². The van der Waals surface area contributed by atoms with Crippen LogP contribution in [0.2, 0.25) is 0 Å². The highest BCUT2D eigenvalue weighted by Gasteiger charge is 2.41. The zero-order chi connectivity index (χ0) is 12.5. The number of allylic oxidation sites excluding steroid dienone is 1. The van der Waals surface area contributed by atoms with Crippen LogP contribution >= 0.6 is 0 Å². The Bertz CT molecular complexity index is 254. The van der Waals surface area contributed by atoms with Crippen LogP contribution in [-0.4, -0.2) is 11.2 Å². The van der Waals surface area contributed by atoms with Crippen molar-refractivity contribution >= 4 is 0 Å². The number of aliphatic hydroxyl groups is 1. The summed E-state index contributed by atoms with van der Waals surface area (Å²) < 4.78 is 0. The molecule has 0 aromatic carbocycles. The molecule has 0 heterocycles. The van der Waals surface area contributed by atoms with Crippen molar-refractivity contribution in [3.63, 3.8) is 0 Å². The predicted octanol–water partition coefficient (Wildman–Crippen LogP) is 4.02. The number of hydrogen-bond donors (Lipinski definition) is 1. The van der Waals surface area contributed by atoms with Gasteiger partial charge in [0.1, 0.15) is 0 Å². The number of rotatable bonds is 3. The second-order valence-corrected chi connectivity index (χ2v) is 6.39. The van der Waals surface area contributed by atoms with Crippen LogP contribution in [0.15, 0.2) is 12.2 Å². The molecule has 0 spiro atoms. The smallest absolute Gasteiger partial charge is 0.0574 e. The Hall–Kier alpha value is -0.300. The van der Waals surface area contributed by atoms with Gasteiger partial charge < -0.3 is 5.11 Å². The normalized spacial score (nSPS) is 36.1. The fourth-order valence-electron chi connectivity index (χ4n) is 3.09. The Morgan fingerprint density at radius 3 is 2.38 bits per heavy atom. The molecule has 1 aliphatic carbocycles. The van der Waals surface area contributed by atoms with E-state index in [9.17, 15) is 5.11 Å². The molecular formula is C15H28O. The van der Waals surface area contributed by atoms with Gasteiger partial charge in [0, 0.05) is 0 Å². The number of hydrogen-bond acceptors (Lipinski definition) is 1. The highest BCUT2D eigenvalue weighted by atomic mass is 16.3. The number of aliphatic hydroxyl groups excluding tert-OH is 1. The van der Waals surface area contributed by atoms with Gasteiger partial charge in [0.05, 0.1) is 6.10 Å². The van der Waals surface area contributed by atoms with Gasteiger partial charge in [0.15, 0.2) is 0 Å². The summed E-state index contributed by atoms with van der Waals surface area (Å²) >= 11 is 0. The van der Waals surface area contributed by atoms with Crippen molar-refractivity contribution in [1.29, 1.82) is 0 Å². The Labute approximate surface area is 101 Å². The molecule has 4 atom stereocenters. The Morgan fingerprint density at radius 2 is 1.94 bits per heavy atom. The van der Waals surface area contributed by atoms with E-state index in [2.05, 4.69) is 41.2 Å². The van der Waals surface area contributed by atoms with Gasteiger partial charge in [-0.25, -0.2) is 0 Å². The maximum atomic E-state index is 10.2. The first kappa shape index (κ1) is 13.8. The van der Waals surface area contributed by atoms with Crippen molar-refractivity contribution < 1.29 is 5.11 Å². The predicted molar refractivity (Wildman–Crippen MR) is 70.3 cm³/mol. The van der Waals surface area contributed by atoms with E-state index in [0.717, 1.165) is 6.42 Å². The van der Waals surface area contributed by atoms with Crippen LogP contribution in [0.5, 0.6) is 0 Å². The van der Waals surface area contributed by atoms with Gasteiger partial charge in [-0.15, -0.1) is 0 Å². The lowest BCUT2D eigenvalue weighted by Gasteiger charge is -2.46. The summed E-state index contributed by atoms with van der Waals surface area (Å²) in [7, 11) is 0. The van der Waals surface area contributed by atoms with Gasteiger partial charge in [0.25, 0.3) is 0 Å². The summed E-state index contributed by atoms with van der Waals surface area (Å²) in [5.41, 5.74) is 1.57. The molecule has 1 N–H and O–H groups in total. The zero-order valence-corrected chi connectivity index (χ0v) is 11.6. The highest BCUT2D eigenvalue weighted by molar-refractivity contribution is 5.03. The second kappa shape index (κ2) is 4.91. The van der Waals surface area contributed by atoms with Gasteiger partial charge in [0.2, 0.25) is 0 Å². The summed E-state index contributed by atoms with van der Waals surface area (Å²) in [6.45, 7) is 15.3. The summed E-state index contributed by atoms with van der Waals surface area (Å²) in [4.78, 5) is 0. The summed E-state index contributed by atoms with van der Waals surface area (Å²) in [6, 6.07) is 0. The van der Waals surface area contributed by atoms with E-state index in [1.807, 2.05) is 0 Å². The maximum Gasteiger partial charge on any atom is 0.0574 e. The molecule has 0 aromatic rings. The first-order chi connectivity index (χ1) is 7.29. The quantitative estimate of drug-likeness (QED) is 0.718. The van der Waals surface area contributed by atoms with Crippen LogP contribution in [0.3, 0.4) is 0 Å². The summed E-state index contributed by atoms with van der Waals surface area (Å²) in [5, 5.41) is 10.2. The molecular weight excluding hydrogens is 196 g/mol. The fourth-order valence-corrected chi connectivity index (χ4v) is 3.09. The van der Waals surface area contributed by atoms with E-state index in [-0.39, 0.29) is 6.10 Å². The van der Waals surface area contributed by atoms with Crippen LogP contribution < -0.4 is 0 Å². The van der Waals surface area contributed by atoms with E-state index in [0.29, 0.717) is 23.2 Å². The molecule has 16 heavy (non-hydrogen) atoms. The molecule has 94 valence electrons. The summed E-state index contributed by atoms with van der Waals surface area (Å²) in [6.07, 6.45) is 3.14. The Balaban J connectivity index is 2.86. The third-order valence-electron chi connectivity index (χ3n) is 4.92. The topological polar surface area (TPSA) is 20.2 Å². The minimum Gasteiger partial charge on any atom is -0.393 e. The van der Waals surface area contributed by atoms with Gasteiger partial charge in [-0.1, -0.05) is 46.3 Å². The molecule has 0 radical (unpaired) electrons. The van der Waals surface area contributed by atoms with Gasteiger partial charge in [-0.05, 0) is 42.9 Å². The van der Waals surface area contributed by atoms with Crippen LogP contribution in [0.25, 0.3) is 0 Å². The van der Waals surface area contributed by atoms with Gasteiger partial charge >= 0.3 is 0 Å². The van der Waals surface area contributed by atoms with E-state index < -0.39 is 0 Å². The molecule has 0 aliphatic heterocycles. The molecule has 1 nitrogen and oxygen atoms in total. The molecule has 0 saturated heterocycles. The summed E-state index contributed by atoms with van der Waals surface area (Å²) in [5.74, 6) is 1.55. The van der Waals surface area contributed by atoms with Crippen LogP contribution in [0.1, 0.15) is 53.9 Å². The standard InChI is InChI=1S/C15H28O/c1-7-15(5,6)13-8-12(10(2)3)9-14(16)11(13)4/h11-14,16H,2,7-9H2,1,3-6H3/t11-,12+,13-,14+/m1/s1. The van der Waals surface area contributed by atoms with Crippen molar-refractivity contribution in [1.82, 2.24) is 0 Å². The van der Waals surface area contributed by atoms with Crippen LogP contribution in [0, 0.1) is 23.2 Å². The molecule has 1 rings (SSSR count). The Kier molecular flexibility index (Phi) is 4.23. The van der Waals surface area contributed by atoms with Crippen molar-refractivity contribution in [3.8, 4) is 0 Å². The van der Waals surface area contributed by atoms with E-state index in [1.54, 1.807) is 0 Å². The maximum absolute atomic E-state index is 10.2. The lowest BCUT2D eigenvalue weighted by atomic mass is 9.61. The molecule has 1 fully saturated rings. The lowest BCUT2D eigenvalue weighted by molar-refractivity contribution is -0.0237. The van der Waals surface area contributed by atoms with Crippen molar-refractivity contribution in [2.24, 2.45) is 23.2 Å². The van der Waals surface area contributed by atoms with Crippen LogP contribution in [-0.2, 0) is 0 Å². The lowest BCUT2D eigenvalue weighted by Crippen LogP contribution is -2.42. The Morgan fingerprint density at radius 1 is 1.38 bits per heavy atom. The molecule has 0 amide bonds. The molecule has 1 aliphatic rings. The fraction of sp³-hybridized carbons (Fsp3) is 0.867. The van der Waals surface area contributed by atoms with E-state index in [1.165, 1.54) is 18.4 Å². The van der Waals surface area contributed by atoms with Crippen molar-refractivity contribution in [2.45, 2.75) is 60.0 Å². The van der Waals surface area contributed by atoms with Gasteiger partial charge in [-0.3, -0.25) is 0 Å². The highest BCUT2D eigenvalue weighted by Crippen LogP contribution is 2.47. The minimum absolute atomic E-state index is 0.147. The molecule has 1 heteroatoms. The molecule has 0 bridgehead atoms. The molecule has 0 aromatic heterocycles. The zero-order valence-electron chi connectivity index (χ0n) is 11.6. The minimum atomic E-state index is -0.147. The van der Waals surface area contributed by atoms with E-state index >= 15 is 0 Å². The SMILES string of the molecule is C=C(C)[C@H]1C[C@@H](C(C)(C)CC)[C@@H](C)[C@@H](O)C1. The molecule has 0 unspecified atom stereocenters. The third-order valence-corrected chi connectivity index (χ3v) is 4.92. The second-order valence-electron chi connectivity index (χ2n) is 6.39. The average Bonchev–Trinajstić information content (AvgIpc) is 2.21. The first-order valence-corrected chi connectivity index (χ1v) is 6.63. The van der Waals surface area contributed by atoms with Gasteiger partial charge in [-0.2, -0.15) is 0 Å². The largest absolute Gasteiger partial charge is 0.393 e. The molecule has 1 saturated carbocycles. The monoisotopic (exact) mass is 224 g/mol. The average molecular weight is 224 g/mol. The first-order valence-electron chi connectivity index (χ1n) is 6.63.